The second kappa shape index (κ2) is 4.08. The summed E-state index contributed by atoms with van der Waals surface area (Å²) in [5.41, 5.74) is 8.06. The van der Waals surface area contributed by atoms with Gasteiger partial charge in [-0.3, -0.25) is 0 Å². The number of benzene rings is 1. The molecule has 0 saturated heterocycles. The first-order chi connectivity index (χ1) is 8.31. The number of phenols is 1. The zero-order valence-electron chi connectivity index (χ0n) is 9.89. The fourth-order valence-corrected chi connectivity index (χ4v) is 2.53. The van der Waals surface area contributed by atoms with Crippen LogP contribution in [0.25, 0.3) is 10.9 Å². The lowest BCUT2D eigenvalue weighted by Crippen LogP contribution is -2.05. The van der Waals surface area contributed by atoms with Gasteiger partial charge in [0.25, 0.3) is 0 Å². The molecule has 0 aliphatic heterocycles. The van der Waals surface area contributed by atoms with Gasteiger partial charge in [-0.1, -0.05) is 6.07 Å². The van der Waals surface area contributed by atoms with Gasteiger partial charge >= 0.3 is 0 Å². The molecule has 0 atom stereocenters. The van der Waals surface area contributed by atoms with Crippen LogP contribution in [0.15, 0.2) is 24.3 Å². The standard InChI is InChI=1S/C14H18N2O/c15-8-2-3-11-9-12-13(4-1-5-14(12)17)16(11)10-6-7-10/h1,4-5,9-10,17H,2-3,6-8,15H2. The van der Waals surface area contributed by atoms with Crippen LogP contribution in [0.1, 0.15) is 31.0 Å². The zero-order chi connectivity index (χ0) is 11.8. The third kappa shape index (κ3) is 1.80. The predicted molar refractivity (Wildman–Crippen MR) is 69.2 cm³/mol. The van der Waals surface area contributed by atoms with Crippen LogP contribution in [0.2, 0.25) is 0 Å². The molecule has 2 aromatic rings. The third-order valence-corrected chi connectivity index (χ3v) is 3.49. The summed E-state index contributed by atoms with van der Waals surface area (Å²) >= 11 is 0. The van der Waals surface area contributed by atoms with Gasteiger partial charge in [-0.2, -0.15) is 0 Å². The van der Waals surface area contributed by atoms with Crippen LogP contribution in [-0.2, 0) is 6.42 Å². The summed E-state index contributed by atoms with van der Waals surface area (Å²) in [6.45, 7) is 0.720. The predicted octanol–water partition coefficient (Wildman–Crippen LogP) is 2.57. The van der Waals surface area contributed by atoms with E-state index in [4.69, 9.17) is 5.73 Å². The molecule has 0 unspecified atom stereocenters. The molecule has 3 N–H and O–H groups in total. The maximum absolute atomic E-state index is 9.90. The maximum Gasteiger partial charge on any atom is 0.124 e. The van der Waals surface area contributed by atoms with Crippen molar-refractivity contribution >= 4 is 10.9 Å². The number of fused-ring (bicyclic) bond motifs is 1. The molecule has 3 heteroatoms. The molecule has 17 heavy (non-hydrogen) atoms. The Morgan fingerprint density at radius 1 is 1.35 bits per heavy atom. The summed E-state index contributed by atoms with van der Waals surface area (Å²) in [6, 6.07) is 8.54. The monoisotopic (exact) mass is 230 g/mol. The molecule has 1 aromatic heterocycles. The molecule has 1 aliphatic rings. The van der Waals surface area contributed by atoms with Crippen molar-refractivity contribution in [2.75, 3.05) is 6.54 Å². The second-order valence-corrected chi connectivity index (χ2v) is 4.84. The van der Waals surface area contributed by atoms with Gasteiger partial charge in [0, 0.05) is 17.1 Å². The fraction of sp³-hybridized carbons (Fsp3) is 0.429. The largest absolute Gasteiger partial charge is 0.507 e. The highest BCUT2D eigenvalue weighted by atomic mass is 16.3. The maximum atomic E-state index is 9.90. The first kappa shape index (κ1) is 10.7. The van der Waals surface area contributed by atoms with Crippen LogP contribution in [0, 0.1) is 0 Å². The Labute approximate surface area is 101 Å². The molecule has 0 radical (unpaired) electrons. The molecule has 1 heterocycles. The normalized spacial score (nSPS) is 15.6. The van der Waals surface area contributed by atoms with Crippen molar-refractivity contribution in [2.24, 2.45) is 5.73 Å². The summed E-state index contributed by atoms with van der Waals surface area (Å²) in [4.78, 5) is 0. The first-order valence-corrected chi connectivity index (χ1v) is 6.33. The van der Waals surface area contributed by atoms with E-state index in [0.29, 0.717) is 11.8 Å². The van der Waals surface area contributed by atoms with Crippen LogP contribution in [-0.4, -0.2) is 16.2 Å². The highest BCUT2D eigenvalue weighted by Crippen LogP contribution is 2.41. The minimum Gasteiger partial charge on any atom is -0.507 e. The summed E-state index contributed by atoms with van der Waals surface area (Å²) < 4.78 is 2.39. The molecule has 1 aliphatic carbocycles. The van der Waals surface area contributed by atoms with E-state index in [1.807, 2.05) is 6.07 Å². The van der Waals surface area contributed by atoms with Crippen LogP contribution in [0.4, 0.5) is 0 Å². The van der Waals surface area contributed by atoms with Gasteiger partial charge in [-0.15, -0.1) is 0 Å². The Morgan fingerprint density at radius 3 is 2.88 bits per heavy atom. The van der Waals surface area contributed by atoms with E-state index < -0.39 is 0 Å². The van der Waals surface area contributed by atoms with Crippen LogP contribution in [0.3, 0.4) is 0 Å². The van der Waals surface area contributed by atoms with Crippen molar-refractivity contribution in [3.63, 3.8) is 0 Å². The van der Waals surface area contributed by atoms with Crippen LogP contribution in [0.5, 0.6) is 5.75 Å². The third-order valence-electron chi connectivity index (χ3n) is 3.49. The van der Waals surface area contributed by atoms with E-state index in [-0.39, 0.29) is 0 Å². The quantitative estimate of drug-likeness (QED) is 0.848. The first-order valence-electron chi connectivity index (χ1n) is 6.33. The molecular weight excluding hydrogens is 212 g/mol. The summed E-state index contributed by atoms with van der Waals surface area (Å²) in [7, 11) is 0. The van der Waals surface area contributed by atoms with Crippen molar-refractivity contribution in [1.29, 1.82) is 0 Å². The average molecular weight is 230 g/mol. The van der Waals surface area contributed by atoms with Gasteiger partial charge in [0.2, 0.25) is 0 Å². The van der Waals surface area contributed by atoms with Gasteiger partial charge < -0.3 is 15.4 Å². The lowest BCUT2D eigenvalue weighted by Gasteiger charge is -2.08. The summed E-state index contributed by atoms with van der Waals surface area (Å²) in [5.74, 6) is 0.385. The number of phenolic OH excluding ortho intramolecular Hbond substituents is 1. The second-order valence-electron chi connectivity index (χ2n) is 4.84. The highest BCUT2D eigenvalue weighted by molar-refractivity contribution is 5.87. The van der Waals surface area contributed by atoms with E-state index in [0.717, 1.165) is 24.8 Å². The Balaban J connectivity index is 2.12. The van der Waals surface area contributed by atoms with Crippen LogP contribution >= 0.6 is 0 Å². The van der Waals surface area contributed by atoms with E-state index in [1.165, 1.54) is 24.1 Å². The summed E-state index contributed by atoms with van der Waals surface area (Å²) in [6.07, 6.45) is 4.52. The summed E-state index contributed by atoms with van der Waals surface area (Å²) in [5, 5.41) is 10.9. The molecule has 0 bridgehead atoms. The van der Waals surface area contributed by atoms with E-state index in [1.54, 1.807) is 6.07 Å². The van der Waals surface area contributed by atoms with Gasteiger partial charge in [0.15, 0.2) is 0 Å². The molecule has 1 fully saturated rings. The van der Waals surface area contributed by atoms with E-state index in [2.05, 4.69) is 16.7 Å². The number of aromatic hydroxyl groups is 1. The van der Waals surface area contributed by atoms with Crippen molar-refractivity contribution in [3.8, 4) is 5.75 Å². The fourth-order valence-electron chi connectivity index (χ4n) is 2.53. The number of nitrogens with two attached hydrogens (primary N) is 1. The SMILES string of the molecule is NCCCc1cc2c(O)cccc2n1C1CC1. The molecule has 0 spiro atoms. The van der Waals surface area contributed by atoms with E-state index >= 15 is 0 Å². The number of nitrogens with zero attached hydrogens (tertiary/aromatic N) is 1. The van der Waals surface area contributed by atoms with Crippen LogP contribution < -0.4 is 5.73 Å². The molecule has 90 valence electrons. The smallest absolute Gasteiger partial charge is 0.124 e. The van der Waals surface area contributed by atoms with Crippen molar-refractivity contribution in [1.82, 2.24) is 4.57 Å². The average Bonchev–Trinajstić information content (AvgIpc) is 3.09. The van der Waals surface area contributed by atoms with E-state index in [9.17, 15) is 5.11 Å². The molecule has 1 saturated carbocycles. The van der Waals surface area contributed by atoms with Crippen molar-refractivity contribution < 1.29 is 5.11 Å². The number of aryl methyl sites for hydroxylation is 1. The molecule has 3 nitrogen and oxygen atoms in total. The Hall–Kier alpha value is -1.48. The Morgan fingerprint density at radius 2 is 2.18 bits per heavy atom. The van der Waals surface area contributed by atoms with Crippen molar-refractivity contribution in [3.05, 3.63) is 30.0 Å². The highest BCUT2D eigenvalue weighted by Gasteiger charge is 2.27. The van der Waals surface area contributed by atoms with Gasteiger partial charge in [0.05, 0.1) is 5.52 Å². The minimum absolute atomic E-state index is 0.385. The lowest BCUT2D eigenvalue weighted by molar-refractivity contribution is 0.481. The van der Waals surface area contributed by atoms with Gasteiger partial charge in [0.1, 0.15) is 5.75 Å². The molecule has 3 rings (SSSR count). The van der Waals surface area contributed by atoms with Crippen molar-refractivity contribution in [2.45, 2.75) is 31.7 Å². The molecular formula is C14H18N2O. The number of rotatable bonds is 4. The minimum atomic E-state index is 0.385. The number of hydrogen-bond donors (Lipinski definition) is 2. The molecule has 0 amide bonds. The van der Waals surface area contributed by atoms with Gasteiger partial charge in [-0.25, -0.2) is 0 Å². The van der Waals surface area contributed by atoms with Gasteiger partial charge in [-0.05, 0) is 50.4 Å². The number of aromatic nitrogens is 1. The zero-order valence-corrected chi connectivity index (χ0v) is 9.89. The topological polar surface area (TPSA) is 51.2 Å². The lowest BCUT2D eigenvalue weighted by atomic mass is 10.2. The Kier molecular flexibility index (Phi) is 2.56. The number of hydrogen-bond acceptors (Lipinski definition) is 2. The Bertz CT molecular complexity index is 540. The molecule has 1 aromatic carbocycles.